The molecular formula is C41H63NO7. The predicted octanol–water partition coefficient (Wildman–Crippen LogP) is 7.89. The van der Waals surface area contributed by atoms with E-state index in [2.05, 4.69) is 53.4 Å². The highest BCUT2D eigenvalue weighted by atomic mass is 16.5. The van der Waals surface area contributed by atoms with Crippen LogP contribution in [0.1, 0.15) is 133 Å². The topological polar surface area (TPSA) is 130 Å². The lowest BCUT2D eigenvalue weighted by Gasteiger charge is -2.73. The molecule has 6 aliphatic rings. The number of carboxylic acids is 2. The molecule has 6 saturated carbocycles. The smallest absolute Gasteiger partial charge is 0.325 e. The zero-order valence-corrected chi connectivity index (χ0v) is 31.6. The van der Waals surface area contributed by atoms with Crippen molar-refractivity contribution in [2.45, 2.75) is 145 Å². The Morgan fingerprint density at radius 1 is 0.776 bits per heavy atom. The Balaban J connectivity index is 1.25. The van der Waals surface area contributed by atoms with E-state index in [-0.39, 0.29) is 57.4 Å². The maximum atomic E-state index is 14.1. The van der Waals surface area contributed by atoms with Crippen molar-refractivity contribution in [2.24, 2.45) is 73.9 Å². The van der Waals surface area contributed by atoms with E-state index >= 15 is 0 Å². The van der Waals surface area contributed by atoms with Crippen molar-refractivity contribution in [1.29, 1.82) is 0 Å². The van der Waals surface area contributed by atoms with Gasteiger partial charge in [0.05, 0.1) is 17.3 Å². The van der Waals surface area contributed by atoms with Crippen molar-refractivity contribution in [3.8, 4) is 0 Å². The van der Waals surface area contributed by atoms with Crippen LogP contribution in [0.25, 0.3) is 0 Å². The number of carbonyl (C=O) groups excluding carboxylic acids is 2. The number of carboxylic acid groups (broad SMARTS) is 2. The lowest BCUT2D eigenvalue weighted by molar-refractivity contribution is -0.251. The van der Waals surface area contributed by atoms with E-state index in [1.807, 2.05) is 13.8 Å². The average molecular weight is 682 g/mol. The van der Waals surface area contributed by atoms with Crippen molar-refractivity contribution in [1.82, 2.24) is 5.32 Å². The van der Waals surface area contributed by atoms with E-state index in [0.29, 0.717) is 24.2 Å². The number of carbonyl (C=O) groups is 4. The van der Waals surface area contributed by atoms with Gasteiger partial charge < -0.3 is 20.3 Å². The number of allylic oxidation sites excluding steroid dienone is 1. The second-order valence-electron chi connectivity index (χ2n) is 19.7. The number of hydrogen-bond acceptors (Lipinski definition) is 5. The van der Waals surface area contributed by atoms with Gasteiger partial charge in [-0.05, 0) is 136 Å². The highest BCUT2D eigenvalue weighted by Crippen LogP contribution is 2.77. The molecule has 0 radical (unpaired) electrons. The zero-order valence-electron chi connectivity index (χ0n) is 31.6. The Labute approximate surface area is 294 Å². The van der Waals surface area contributed by atoms with Crippen LogP contribution in [-0.4, -0.2) is 46.2 Å². The second kappa shape index (κ2) is 11.6. The molecule has 8 heteroatoms. The van der Waals surface area contributed by atoms with Crippen molar-refractivity contribution < 1.29 is 34.1 Å². The molecule has 1 amide bonds. The summed E-state index contributed by atoms with van der Waals surface area (Å²) in [6, 6.07) is -0.914. The Hall–Kier alpha value is -2.38. The van der Waals surface area contributed by atoms with Crippen molar-refractivity contribution in [2.75, 3.05) is 0 Å². The summed E-state index contributed by atoms with van der Waals surface area (Å²) in [5, 5.41) is 22.1. The molecule has 0 aliphatic heterocycles. The summed E-state index contributed by atoms with van der Waals surface area (Å²) in [6.07, 6.45) is 9.82. The van der Waals surface area contributed by atoms with Crippen LogP contribution in [0.15, 0.2) is 12.2 Å². The van der Waals surface area contributed by atoms with Crippen LogP contribution in [0, 0.1) is 73.9 Å². The first-order chi connectivity index (χ1) is 22.6. The van der Waals surface area contributed by atoms with Crippen molar-refractivity contribution in [3.05, 3.63) is 12.2 Å². The highest BCUT2D eigenvalue weighted by molar-refractivity contribution is 5.88. The number of ether oxygens (including phenoxy) is 1. The summed E-state index contributed by atoms with van der Waals surface area (Å²) in [5.41, 5.74) is -0.00251. The molecule has 0 spiro atoms. The summed E-state index contributed by atoms with van der Waals surface area (Å²) < 4.78 is 6.38. The van der Waals surface area contributed by atoms with Crippen LogP contribution in [-0.2, 0) is 23.9 Å². The monoisotopic (exact) mass is 681 g/mol. The largest absolute Gasteiger partial charge is 0.481 e. The van der Waals surface area contributed by atoms with Crippen LogP contribution in [0.5, 0.6) is 0 Å². The van der Waals surface area contributed by atoms with E-state index in [0.717, 1.165) is 69.8 Å². The minimum absolute atomic E-state index is 0.0404. The molecule has 3 N–H and O–H groups in total. The molecule has 4 unspecified atom stereocenters. The standard InChI is InChI=1S/C41H63NO7/c1-22(2)24-13-18-41(35(48)42-23(3)32(43)44)20-19-39(9)25(31(24)41)11-12-29-38(8)16-15-30(37(6,7)28(38)14-17-40(29,39)10)49-34(47)27-21-26(33(45)46)36(27,4)5/h23-31H,1,11-21H2,2-10H3,(H,42,48)(H,43,44)(H,45,46)/t23?,24-,25?,26-,27?,28-,29+,30-,31?,38-,39+,40+,41-/m0/s1. The Morgan fingerprint density at radius 3 is 2.04 bits per heavy atom. The van der Waals surface area contributed by atoms with Crippen molar-refractivity contribution >= 4 is 23.8 Å². The van der Waals surface area contributed by atoms with Crippen LogP contribution in [0.3, 0.4) is 0 Å². The van der Waals surface area contributed by atoms with Gasteiger partial charge in [-0.3, -0.25) is 19.2 Å². The fourth-order valence-electron chi connectivity index (χ4n) is 14.1. The summed E-state index contributed by atoms with van der Waals surface area (Å²) in [6.45, 7) is 24.1. The van der Waals surface area contributed by atoms with Gasteiger partial charge in [-0.1, -0.05) is 60.6 Å². The molecule has 0 aromatic carbocycles. The minimum atomic E-state index is -1.000. The van der Waals surface area contributed by atoms with Gasteiger partial charge in [-0.15, -0.1) is 0 Å². The third-order valence-corrected chi connectivity index (χ3v) is 17.3. The van der Waals surface area contributed by atoms with Crippen LogP contribution < -0.4 is 5.32 Å². The maximum Gasteiger partial charge on any atom is 0.325 e. The van der Waals surface area contributed by atoms with Gasteiger partial charge >= 0.3 is 17.9 Å². The lowest BCUT2D eigenvalue weighted by Crippen LogP contribution is -2.67. The normalized spacial score (nSPS) is 46.7. The predicted molar refractivity (Wildman–Crippen MR) is 187 cm³/mol. The summed E-state index contributed by atoms with van der Waals surface area (Å²) in [4.78, 5) is 51.1. The Kier molecular flexibility index (Phi) is 8.59. The van der Waals surface area contributed by atoms with E-state index in [1.54, 1.807) is 6.92 Å². The summed E-state index contributed by atoms with van der Waals surface area (Å²) in [7, 11) is 0. The van der Waals surface area contributed by atoms with Gasteiger partial charge in [0.1, 0.15) is 12.1 Å². The molecule has 49 heavy (non-hydrogen) atoms. The quantitative estimate of drug-likeness (QED) is 0.184. The van der Waals surface area contributed by atoms with Gasteiger partial charge in [0.25, 0.3) is 0 Å². The molecule has 6 fully saturated rings. The van der Waals surface area contributed by atoms with Crippen molar-refractivity contribution in [3.63, 3.8) is 0 Å². The fourth-order valence-corrected chi connectivity index (χ4v) is 14.1. The zero-order chi connectivity index (χ0) is 36.3. The number of hydrogen-bond donors (Lipinski definition) is 3. The molecule has 0 bridgehead atoms. The third-order valence-electron chi connectivity index (χ3n) is 17.3. The number of rotatable bonds is 7. The number of fused-ring (bicyclic) bond motifs is 7. The molecule has 0 saturated heterocycles. The molecule has 0 aromatic heterocycles. The lowest BCUT2D eigenvalue weighted by atomic mass is 9.32. The van der Waals surface area contributed by atoms with Gasteiger partial charge in [0.2, 0.25) is 5.91 Å². The van der Waals surface area contributed by atoms with Crippen LogP contribution >= 0.6 is 0 Å². The first kappa shape index (κ1) is 36.4. The van der Waals surface area contributed by atoms with E-state index in [9.17, 15) is 29.4 Å². The van der Waals surface area contributed by atoms with E-state index < -0.39 is 34.7 Å². The van der Waals surface area contributed by atoms with E-state index in [4.69, 9.17) is 4.74 Å². The molecule has 13 atom stereocenters. The molecule has 8 nitrogen and oxygen atoms in total. The van der Waals surface area contributed by atoms with Gasteiger partial charge in [-0.25, -0.2) is 0 Å². The minimum Gasteiger partial charge on any atom is -0.481 e. The SMILES string of the molecule is C=C(C)[C@@H]1CC[C@]2(C(=O)NC(C)C(=O)O)CC[C@]3(C)C(CC[C@@H]4[C@@]5(C)CC[C@H](OC(=O)C6C[C@@H](C(=O)O)C6(C)C)C(C)(C)[C@@H]5CC[C@]43C)C12. The molecule has 274 valence electrons. The Morgan fingerprint density at radius 2 is 1.45 bits per heavy atom. The van der Waals surface area contributed by atoms with Gasteiger partial charge in [-0.2, -0.15) is 0 Å². The average Bonchev–Trinajstić information content (AvgIpc) is 3.39. The van der Waals surface area contributed by atoms with Gasteiger partial charge in [0.15, 0.2) is 0 Å². The number of aliphatic carboxylic acids is 2. The first-order valence-electron chi connectivity index (χ1n) is 19.2. The molecular weight excluding hydrogens is 618 g/mol. The first-order valence-corrected chi connectivity index (χ1v) is 19.2. The number of amides is 1. The number of nitrogens with one attached hydrogen (secondary N) is 1. The second-order valence-corrected chi connectivity index (χ2v) is 19.7. The molecule has 0 aromatic rings. The van der Waals surface area contributed by atoms with Crippen LogP contribution in [0.2, 0.25) is 0 Å². The third kappa shape index (κ3) is 4.94. The molecule has 0 heterocycles. The van der Waals surface area contributed by atoms with Gasteiger partial charge in [0, 0.05) is 5.41 Å². The number of esters is 1. The van der Waals surface area contributed by atoms with Crippen LogP contribution in [0.4, 0.5) is 0 Å². The highest BCUT2D eigenvalue weighted by Gasteiger charge is 2.72. The summed E-state index contributed by atoms with van der Waals surface area (Å²) in [5.74, 6) is -1.33. The fraction of sp³-hybridized carbons (Fsp3) is 0.854. The Bertz CT molecular complexity index is 1430. The molecule has 6 rings (SSSR count). The molecule has 6 aliphatic carbocycles. The van der Waals surface area contributed by atoms with E-state index in [1.165, 1.54) is 0 Å². The maximum absolute atomic E-state index is 14.1. The summed E-state index contributed by atoms with van der Waals surface area (Å²) >= 11 is 0.